The summed E-state index contributed by atoms with van der Waals surface area (Å²) >= 11 is 3.18. The van der Waals surface area contributed by atoms with Gasteiger partial charge in [-0.15, -0.1) is 0 Å². The van der Waals surface area contributed by atoms with Crippen LogP contribution >= 0.6 is 15.9 Å². The standard InChI is InChI=1S/C12H9BrFN5O2/c1-6(20-9-3-2-7(13)4-8(9)14)12-17-11(19-21-12)10-15-5-16-18-10/h2-6H,1H3,(H,15,16,18)/t6-/m1/s1. The van der Waals surface area contributed by atoms with E-state index in [1.807, 2.05) is 0 Å². The van der Waals surface area contributed by atoms with Crippen LogP contribution < -0.4 is 4.74 Å². The van der Waals surface area contributed by atoms with Crippen LogP contribution in [-0.4, -0.2) is 25.3 Å². The van der Waals surface area contributed by atoms with Crippen molar-refractivity contribution in [3.8, 4) is 17.4 Å². The Bertz CT molecular complexity index is 746. The number of nitrogens with one attached hydrogen (secondary N) is 1. The van der Waals surface area contributed by atoms with Gasteiger partial charge < -0.3 is 9.26 Å². The molecule has 1 atom stereocenters. The Kier molecular flexibility index (Phi) is 3.65. The van der Waals surface area contributed by atoms with Crippen LogP contribution in [0.4, 0.5) is 4.39 Å². The van der Waals surface area contributed by atoms with Gasteiger partial charge in [0.05, 0.1) is 0 Å². The number of halogens is 2. The topological polar surface area (TPSA) is 89.7 Å². The average Bonchev–Trinajstić information content (AvgIpc) is 3.10. The zero-order valence-electron chi connectivity index (χ0n) is 10.7. The third kappa shape index (κ3) is 2.92. The minimum atomic E-state index is -0.607. The first-order chi connectivity index (χ1) is 10.1. The largest absolute Gasteiger partial charge is 0.478 e. The zero-order chi connectivity index (χ0) is 14.8. The predicted molar refractivity (Wildman–Crippen MR) is 72.8 cm³/mol. The number of ether oxygens (including phenoxy) is 1. The SMILES string of the molecule is C[C@@H](Oc1ccc(Br)cc1F)c1nc(-c2ncn[nH]2)no1. The summed E-state index contributed by atoms with van der Waals surface area (Å²) in [6.45, 7) is 1.68. The van der Waals surface area contributed by atoms with Crippen LogP contribution in [0.15, 0.2) is 33.5 Å². The van der Waals surface area contributed by atoms with Gasteiger partial charge in [0, 0.05) is 4.47 Å². The van der Waals surface area contributed by atoms with Crippen LogP contribution in [0.1, 0.15) is 18.9 Å². The lowest BCUT2D eigenvalue weighted by atomic mass is 10.3. The van der Waals surface area contributed by atoms with Crippen LogP contribution in [0.3, 0.4) is 0 Å². The van der Waals surface area contributed by atoms with Gasteiger partial charge in [0.15, 0.2) is 23.5 Å². The third-order valence-corrected chi connectivity index (χ3v) is 3.11. The summed E-state index contributed by atoms with van der Waals surface area (Å²) in [7, 11) is 0. The van der Waals surface area contributed by atoms with Crippen LogP contribution in [0.5, 0.6) is 5.75 Å². The Morgan fingerprint density at radius 1 is 1.43 bits per heavy atom. The van der Waals surface area contributed by atoms with E-state index >= 15 is 0 Å². The van der Waals surface area contributed by atoms with E-state index in [0.717, 1.165) is 0 Å². The molecule has 0 saturated carbocycles. The van der Waals surface area contributed by atoms with Crippen LogP contribution in [0.25, 0.3) is 11.6 Å². The molecule has 0 unspecified atom stereocenters. The fourth-order valence-electron chi connectivity index (χ4n) is 1.62. The van der Waals surface area contributed by atoms with Crippen molar-refractivity contribution >= 4 is 15.9 Å². The van der Waals surface area contributed by atoms with E-state index in [9.17, 15) is 4.39 Å². The minimum absolute atomic E-state index is 0.102. The number of hydrogen-bond acceptors (Lipinski definition) is 6. The number of aromatic nitrogens is 5. The van der Waals surface area contributed by atoms with Crippen LogP contribution in [-0.2, 0) is 0 Å². The molecule has 9 heteroatoms. The van der Waals surface area contributed by atoms with Gasteiger partial charge in [0.2, 0.25) is 5.82 Å². The maximum atomic E-state index is 13.7. The Hall–Kier alpha value is -2.29. The van der Waals surface area contributed by atoms with E-state index in [0.29, 0.717) is 10.3 Å². The molecule has 0 bridgehead atoms. The Morgan fingerprint density at radius 3 is 3.00 bits per heavy atom. The second kappa shape index (κ2) is 5.60. The highest BCUT2D eigenvalue weighted by Crippen LogP contribution is 2.26. The highest BCUT2D eigenvalue weighted by molar-refractivity contribution is 9.10. The summed E-state index contributed by atoms with van der Waals surface area (Å²) in [5, 5.41) is 10.1. The van der Waals surface area contributed by atoms with Gasteiger partial charge in [-0.1, -0.05) is 21.1 Å². The number of benzene rings is 1. The van der Waals surface area contributed by atoms with Crippen molar-refractivity contribution in [3.05, 3.63) is 40.7 Å². The minimum Gasteiger partial charge on any atom is -0.478 e. The summed E-state index contributed by atoms with van der Waals surface area (Å²) in [6.07, 6.45) is 0.729. The molecule has 3 rings (SSSR count). The molecule has 0 aliphatic carbocycles. The highest BCUT2D eigenvalue weighted by Gasteiger charge is 2.19. The van der Waals surface area contributed by atoms with Crippen LogP contribution in [0.2, 0.25) is 0 Å². The van der Waals surface area contributed by atoms with Gasteiger partial charge in [-0.05, 0) is 25.1 Å². The third-order valence-electron chi connectivity index (χ3n) is 2.61. The fraction of sp³-hybridized carbons (Fsp3) is 0.167. The van der Waals surface area contributed by atoms with E-state index in [4.69, 9.17) is 9.26 Å². The Morgan fingerprint density at radius 2 is 2.29 bits per heavy atom. The second-order valence-electron chi connectivity index (χ2n) is 4.13. The van der Waals surface area contributed by atoms with Crippen molar-refractivity contribution in [3.63, 3.8) is 0 Å². The van der Waals surface area contributed by atoms with Gasteiger partial charge in [-0.3, -0.25) is 5.10 Å². The molecule has 108 valence electrons. The highest BCUT2D eigenvalue weighted by atomic mass is 79.9. The Balaban J connectivity index is 1.78. The molecule has 0 radical (unpaired) electrons. The zero-order valence-corrected chi connectivity index (χ0v) is 12.3. The fourth-order valence-corrected chi connectivity index (χ4v) is 1.95. The second-order valence-corrected chi connectivity index (χ2v) is 5.04. The van der Waals surface area contributed by atoms with E-state index in [2.05, 4.69) is 41.3 Å². The average molecular weight is 354 g/mol. The summed E-state index contributed by atoms with van der Waals surface area (Å²) in [6, 6.07) is 4.51. The number of nitrogens with zero attached hydrogens (tertiary/aromatic N) is 4. The lowest BCUT2D eigenvalue weighted by molar-refractivity contribution is 0.169. The smallest absolute Gasteiger partial charge is 0.267 e. The molecule has 0 fully saturated rings. The molecule has 2 heterocycles. The first-order valence-corrected chi connectivity index (χ1v) is 6.74. The maximum Gasteiger partial charge on any atom is 0.267 e. The summed E-state index contributed by atoms with van der Waals surface area (Å²) in [5.41, 5.74) is 0. The van der Waals surface area contributed by atoms with Gasteiger partial charge in [-0.25, -0.2) is 9.37 Å². The molecule has 0 spiro atoms. The molecular formula is C12H9BrFN5O2. The molecule has 7 nitrogen and oxygen atoms in total. The van der Waals surface area contributed by atoms with Crippen molar-refractivity contribution in [2.75, 3.05) is 0 Å². The molecular weight excluding hydrogens is 345 g/mol. The van der Waals surface area contributed by atoms with Gasteiger partial charge in [-0.2, -0.15) is 10.1 Å². The summed E-state index contributed by atoms with van der Waals surface area (Å²) in [4.78, 5) is 8.04. The molecule has 21 heavy (non-hydrogen) atoms. The maximum absolute atomic E-state index is 13.7. The normalized spacial score (nSPS) is 12.3. The van der Waals surface area contributed by atoms with Crippen LogP contribution in [0, 0.1) is 5.82 Å². The molecule has 0 saturated heterocycles. The van der Waals surface area contributed by atoms with Crippen molar-refractivity contribution in [2.24, 2.45) is 0 Å². The molecule has 2 aromatic heterocycles. The summed E-state index contributed by atoms with van der Waals surface area (Å²) < 4.78 is 24.9. The monoisotopic (exact) mass is 353 g/mol. The summed E-state index contributed by atoms with van der Waals surface area (Å²) in [5.74, 6) is 0.473. The Labute approximate surface area is 126 Å². The van der Waals surface area contributed by atoms with E-state index in [-0.39, 0.29) is 17.5 Å². The predicted octanol–water partition coefficient (Wildman–Crippen LogP) is 2.90. The lowest BCUT2D eigenvalue weighted by Gasteiger charge is -2.11. The van der Waals surface area contributed by atoms with Crippen molar-refractivity contribution < 1.29 is 13.7 Å². The van der Waals surface area contributed by atoms with E-state index < -0.39 is 11.9 Å². The van der Waals surface area contributed by atoms with Gasteiger partial charge in [0.25, 0.3) is 5.89 Å². The first-order valence-electron chi connectivity index (χ1n) is 5.94. The van der Waals surface area contributed by atoms with E-state index in [1.165, 1.54) is 18.5 Å². The molecule has 1 aromatic carbocycles. The van der Waals surface area contributed by atoms with Crippen molar-refractivity contribution in [1.29, 1.82) is 0 Å². The number of H-pyrrole nitrogens is 1. The molecule has 3 aromatic rings. The van der Waals surface area contributed by atoms with Gasteiger partial charge in [0.1, 0.15) is 6.33 Å². The first kappa shape index (κ1) is 13.7. The quantitative estimate of drug-likeness (QED) is 0.775. The number of rotatable bonds is 4. The van der Waals surface area contributed by atoms with Crippen molar-refractivity contribution in [1.82, 2.24) is 25.3 Å². The lowest BCUT2D eigenvalue weighted by Crippen LogP contribution is -2.04. The van der Waals surface area contributed by atoms with Crippen molar-refractivity contribution in [2.45, 2.75) is 13.0 Å². The number of aromatic amines is 1. The molecule has 1 N–H and O–H groups in total. The molecule has 0 aliphatic heterocycles. The number of hydrogen-bond donors (Lipinski definition) is 1. The molecule has 0 aliphatic rings. The van der Waals surface area contributed by atoms with E-state index in [1.54, 1.807) is 13.0 Å². The van der Waals surface area contributed by atoms with Gasteiger partial charge >= 0.3 is 0 Å². The molecule has 0 amide bonds.